The Bertz CT molecular complexity index is 1790. The fraction of sp³-hybridized carbons (Fsp3) is 0.231. The summed E-state index contributed by atoms with van der Waals surface area (Å²) in [7, 11) is 0. The predicted molar refractivity (Wildman–Crippen MR) is 173 cm³/mol. The van der Waals surface area contributed by atoms with Gasteiger partial charge in [0.05, 0.1) is 6.04 Å². The fourth-order valence-corrected chi connectivity index (χ4v) is 7.14. The summed E-state index contributed by atoms with van der Waals surface area (Å²) in [5.41, 5.74) is 12.7. The van der Waals surface area contributed by atoms with Crippen molar-refractivity contribution in [1.29, 1.82) is 0 Å². The van der Waals surface area contributed by atoms with Gasteiger partial charge in [-0.2, -0.15) is 0 Å². The zero-order valence-electron chi connectivity index (χ0n) is 23.9. The molecule has 0 spiro atoms. The van der Waals surface area contributed by atoms with E-state index in [9.17, 15) is 0 Å². The number of nitrogens with one attached hydrogen (secondary N) is 2. The first-order valence-electron chi connectivity index (χ1n) is 15.5. The maximum absolute atomic E-state index is 6.45. The molecule has 1 aliphatic heterocycles. The summed E-state index contributed by atoms with van der Waals surface area (Å²) in [5, 5.41) is 9.14. The lowest BCUT2D eigenvalue weighted by Crippen LogP contribution is -2.35. The van der Waals surface area contributed by atoms with Gasteiger partial charge in [-0.05, 0) is 65.5 Å². The monoisotopic (exact) mass is 548 g/mol. The van der Waals surface area contributed by atoms with E-state index in [-0.39, 0.29) is 12.1 Å². The number of fused-ring (bicyclic) bond motifs is 4. The van der Waals surface area contributed by atoms with E-state index in [1.54, 1.807) is 0 Å². The van der Waals surface area contributed by atoms with Gasteiger partial charge in [0, 0.05) is 41.2 Å². The van der Waals surface area contributed by atoms with Crippen LogP contribution in [-0.4, -0.2) is 12.6 Å². The highest BCUT2D eigenvalue weighted by Gasteiger charge is 2.27. The molecule has 0 fully saturated rings. The lowest BCUT2D eigenvalue weighted by molar-refractivity contribution is 0.506. The molecule has 2 heterocycles. The molecule has 3 nitrogen and oxygen atoms in total. The molecule has 5 aromatic rings. The summed E-state index contributed by atoms with van der Waals surface area (Å²) >= 11 is 0. The van der Waals surface area contributed by atoms with Crippen LogP contribution in [-0.2, 0) is 12.8 Å². The molecule has 8 rings (SSSR count). The molecule has 0 saturated heterocycles. The van der Waals surface area contributed by atoms with Gasteiger partial charge in [-0.15, -0.1) is 0 Å². The second-order valence-electron chi connectivity index (χ2n) is 11.9. The molecule has 2 aliphatic carbocycles. The maximum Gasteiger partial charge on any atom is 0.142 e. The van der Waals surface area contributed by atoms with Crippen molar-refractivity contribution >= 4 is 16.7 Å². The summed E-state index contributed by atoms with van der Waals surface area (Å²) in [6.07, 6.45) is 11.5. The number of hydrogen-bond donors (Lipinski definition) is 2. The van der Waals surface area contributed by atoms with Gasteiger partial charge in [0.1, 0.15) is 11.3 Å². The molecule has 0 radical (unpaired) electrons. The Hall–Kier alpha value is -4.34. The van der Waals surface area contributed by atoms with E-state index in [0.29, 0.717) is 0 Å². The normalized spacial score (nSPS) is 20.1. The van der Waals surface area contributed by atoms with E-state index >= 15 is 0 Å². The van der Waals surface area contributed by atoms with Crippen LogP contribution in [0, 0.1) is 0 Å². The SMILES string of the molecule is C1=CC2NC(c3ccc(-c4cccc5c6c(oc45)CCCC6)cc3)CNC(c3ccc(-c4ccccc4)cc3)=C2CC1. The van der Waals surface area contributed by atoms with Crippen LogP contribution in [0.2, 0.25) is 0 Å². The summed E-state index contributed by atoms with van der Waals surface area (Å²) in [6.45, 7) is 0.837. The Balaban J connectivity index is 1.06. The minimum atomic E-state index is 0.203. The Labute approximate surface area is 248 Å². The summed E-state index contributed by atoms with van der Waals surface area (Å²) < 4.78 is 6.45. The molecule has 2 atom stereocenters. The van der Waals surface area contributed by atoms with Gasteiger partial charge in [-0.3, -0.25) is 5.32 Å². The van der Waals surface area contributed by atoms with Crippen LogP contribution in [0.3, 0.4) is 0 Å². The van der Waals surface area contributed by atoms with Gasteiger partial charge >= 0.3 is 0 Å². The zero-order chi connectivity index (χ0) is 27.9. The van der Waals surface area contributed by atoms with Crippen molar-refractivity contribution in [3.8, 4) is 22.3 Å². The number of allylic oxidation sites excluding steroid dienone is 1. The lowest BCUT2D eigenvalue weighted by Gasteiger charge is -2.25. The van der Waals surface area contributed by atoms with Crippen molar-refractivity contribution in [2.45, 2.75) is 50.6 Å². The smallest absolute Gasteiger partial charge is 0.142 e. The molecular weight excluding hydrogens is 512 g/mol. The molecule has 3 heteroatoms. The van der Waals surface area contributed by atoms with E-state index in [4.69, 9.17) is 4.42 Å². The number of rotatable bonds is 4. The molecule has 208 valence electrons. The largest absolute Gasteiger partial charge is 0.460 e. The van der Waals surface area contributed by atoms with Crippen LogP contribution in [0.15, 0.2) is 119 Å². The van der Waals surface area contributed by atoms with Gasteiger partial charge in [0.2, 0.25) is 0 Å². The van der Waals surface area contributed by atoms with Crippen LogP contribution >= 0.6 is 0 Å². The third kappa shape index (κ3) is 4.59. The molecule has 42 heavy (non-hydrogen) atoms. The van der Waals surface area contributed by atoms with E-state index in [0.717, 1.165) is 37.8 Å². The van der Waals surface area contributed by atoms with Crippen LogP contribution in [0.5, 0.6) is 0 Å². The third-order valence-electron chi connectivity index (χ3n) is 9.36. The second kappa shape index (κ2) is 10.8. The molecule has 2 unspecified atom stereocenters. The summed E-state index contributed by atoms with van der Waals surface area (Å²) in [6, 6.07) is 35.8. The Morgan fingerprint density at radius 1 is 0.667 bits per heavy atom. The quantitative estimate of drug-likeness (QED) is 0.220. The fourth-order valence-electron chi connectivity index (χ4n) is 7.14. The van der Waals surface area contributed by atoms with E-state index in [2.05, 4.69) is 120 Å². The molecule has 4 aromatic carbocycles. The number of benzene rings is 4. The molecular formula is C39H36N2O. The average molecular weight is 549 g/mol. The van der Waals surface area contributed by atoms with Crippen molar-refractivity contribution in [2.24, 2.45) is 0 Å². The van der Waals surface area contributed by atoms with Crippen molar-refractivity contribution in [2.75, 3.05) is 6.54 Å². The molecule has 3 aliphatic rings. The lowest BCUT2D eigenvalue weighted by atomic mass is 9.91. The van der Waals surface area contributed by atoms with Crippen molar-refractivity contribution in [3.05, 3.63) is 137 Å². The topological polar surface area (TPSA) is 37.2 Å². The Morgan fingerprint density at radius 3 is 2.29 bits per heavy atom. The first-order chi connectivity index (χ1) is 20.8. The van der Waals surface area contributed by atoms with Crippen molar-refractivity contribution in [1.82, 2.24) is 10.6 Å². The highest BCUT2D eigenvalue weighted by Crippen LogP contribution is 2.38. The predicted octanol–water partition coefficient (Wildman–Crippen LogP) is 9.01. The molecule has 0 saturated carbocycles. The second-order valence-corrected chi connectivity index (χ2v) is 11.9. The highest BCUT2D eigenvalue weighted by atomic mass is 16.3. The molecule has 0 bridgehead atoms. The van der Waals surface area contributed by atoms with Gasteiger partial charge in [0.25, 0.3) is 0 Å². The average Bonchev–Trinajstić information content (AvgIpc) is 3.33. The van der Waals surface area contributed by atoms with Crippen molar-refractivity contribution in [3.63, 3.8) is 0 Å². The standard InChI is InChI=1S/C39H36N2O/c1-2-9-26(10-3-1)27-17-23-30(24-18-27)38-34-12-4-6-15-35(34)41-36(25-40-38)29-21-19-28(20-22-29)31-13-8-14-33-32-11-5-7-16-37(32)42-39(31)33/h1-3,6,8-10,13-15,17-24,35-36,40-41H,4-5,7,11-12,16,25H2. The molecule has 1 aromatic heterocycles. The summed E-state index contributed by atoms with van der Waals surface area (Å²) in [4.78, 5) is 0. The maximum atomic E-state index is 6.45. The first kappa shape index (κ1) is 25.4. The van der Waals surface area contributed by atoms with E-state index in [1.165, 1.54) is 74.2 Å². The minimum absolute atomic E-state index is 0.203. The van der Waals surface area contributed by atoms with Crippen molar-refractivity contribution < 1.29 is 4.42 Å². The zero-order valence-corrected chi connectivity index (χ0v) is 23.9. The molecule has 2 N–H and O–H groups in total. The number of furan rings is 1. The number of para-hydroxylation sites is 1. The van der Waals surface area contributed by atoms with Crippen LogP contribution in [0.25, 0.3) is 38.9 Å². The van der Waals surface area contributed by atoms with Crippen LogP contribution in [0.1, 0.15) is 54.2 Å². The van der Waals surface area contributed by atoms with Crippen LogP contribution in [0.4, 0.5) is 0 Å². The highest BCUT2D eigenvalue weighted by molar-refractivity contribution is 5.95. The Morgan fingerprint density at radius 2 is 1.43 bits per heavy atom. The van der Waals surface area contributed by atoms with Gasteiger partial charge < -0.3 is 9.73 Å². The van der Waals surface area contributed by atoms with E-state index < -0.39 is 0 Å². The number of aryl methyl sites for hydroxylation is 2. The first-order valence-corrected chi connectivity index (χ1v) is 15.5. The molecule has 0 amide bonds. The Kier molecular flexibility index (Phi) is 6.53. The van der Waals surface area contributed by atoms with Gasteiger partial charge in [-0.25, -0.2) is 0 Å². The van der Waals surface area contributed by atoms with E-state index in [1.807, 2.05) is 0 Å². The minimum Gasteiger partial charge on any atom is -0.460 e. The van der Waals surface area contributed by atoms with Gasteiger partial charge in [-0.1, -0.05) is 109 Å². The number of hydrogen-bond acceptors (Lipinski definition) is 3. The summed E-state index contributed by atoms with van der Waals surface area (Å²) in [5.74, 6) is 1.20. The van der Waals surface area contributed by atoms with Crippen LogP contribution < -0.4 is 10.6 Å². The van der Waals surface area contributed by atoms with Gasteiger partial charge in [0.15, 0.2) is 0 Å². The third-order valence-corrected chi connectivity index (χ3v) is 9.36.